The number of carbonyl (C=O) groups is 1. The third kappa shape index (κ3) is 5.21. The number of aromatic nitrogens is 2. The minimum Gasteiger partial charge on any atom is -0.454 e. The normalized spacial score (nSPS) is 14.7. The molecule has 0 spiro atoms. The Labute approximate surface area is 231 Å². The highest BCUT2D eigenvalue weighted by Crippen LogP contribution is 2.37. The molecular weight excluding hydrogens is 510 g/mol. The molecule has 1 fully saturated rings. The van der Waals surface area contributed by atoms with Crippen molar-refractivity contribution in [3.05, 3.63) is 94.4 Å². The molecule has 2 aliphatic rings. The van der Waals surface area contributed by atoms with Crippen molar-refractivity contribution < 1.29 is 19.0 Å². The van der Waals surface area contributed by atoms with Crippen molar-refractivity contribution in [3.8, 4) is 28.7 Å². The summed E-state index contributed by atoms with van der Waals surface area (Å²) in [7, 11) is 2.05. The van der Waals surface area contributed by atoms with Crippen LogP contribution in [0, 0.1) is 6.92 Å². The zero-order chi connectivity index (χ0) is 27.6. The number of rotatable bonds is 6. The summed E-state index contributed by atoms with van der Waals surface area (Å²) in [5.74, 6) is 1.90. The summed E-state index contributed by atoms with van der Waals surface area (Å²) in [5.41, 5.74) is 2.74. The monoisotopic (exact) mass is 539 g/mol. The van der Waals surface area contributed by atoms with Crippen molar-refractivity contribution in [3.63, 3.8) is 0 Å². The molecule has 0 radical (unpaired) electrons. The van der Waals surface area contributed by atoms with E-state index in [1.165, 1.54) is 10.9 Å². The van der Waals surface area contributed by atoms with Gasteiger partial charge in [0.15, 0.2) is 22.9 Å². The fraction of sp³-hybridized carbons (Fsp3) is 0.233. The van der Waals surface area contributed by atoms with Gasteiger partial charge < -0.3 is 29.3 Å². The van der Waals surface area contributed by atoms with Crippen LogP contribution in [-0.2, 0) is 0 Å². The highest BCUT2D eigenvalue weighted by Gasteiger charge is 2.21. The largest absolute Gasteiger partial charge is 0.454 e. The lowest BCUT2D eigenvalue weighted by Crippen LogP contribution is -2.47. The van der Waals surface area contributed by atoms with E-state index in [0.717, 1.165) is 18.7 Å². The highest BCUT2D eigenvalue weighted by molar-refractivity contribution is 5.94. The Bertz CT molecular complexity index is 1590. The lowest BCUT2D eigenvalue weighted by Gasteiger charge is -2.32. The van der Waals surface area contributed by atoms with Gasteiger partial charge in [0.25, 0.3) is 11.5 Å². The Morgan fingerprint density at radius 2 is 1.65 bits per heavy atom. The van der Waals surface area contributed by atoms with E-state index in [0.29, 0.717) is 47.3 Å². The van der Waals surface area contributed by atoms with E-state index in [-0.39, 0.29) is 29.7 Å². The topological polar surface area (TPSA) is 98.2 Å². The van der Waals surface area contributed by atoms with E-state index in [2.05, 4.69) is 22.4 Å². The number of fused-ring (bicyclic) bond motifs is 1. The van der Waals surface area contributed by atoms with Gasteiger partial charge in [-0.25, -0.2) is 0 Å². The predicted molar refractivity (Wildman–Crippen MR) is 150 cm³/mol. The summed E-state index contributed by atoms with van der Waals surface area (Å²) in [5, 5.41) is 7.57. The molecule has 4 aromatic rings. The van der Waals surface area contributed by atoms with Gasteiger partial charge in [-0.2, -0.15) is 9.78 Å². The number of ether oxygens (including phenoxy) is 3. The first-order valence-corrected chi connectivity index (χ1v) is 13.1. The number of likely N-dealkylation sites (N-methyl/N-ethyl adjacent to an activating group) is 1. The van der Waals surface area contributed by atoms with E-state index < -0.39 is 0 Å². The molecule has 1 amide bonds. The number of hydrogen-bond acceptors (Lipinski definition) is 8. The van der Waals surface area contributed by atoms with Gasteiger partial charge in [-0.3, -0.25) is 9.59 Å². The fourth-order valence-corrected chi connectivity index (χ4v) is 4.60. The standard InChI is InChI=1S/C30H29N5O5/c1-20-3-9-23(10-4-20)35-30(37)28(27(18-31-35)40-24-11-12-25-26(17-24)39-19-38-25)32-22-7-5-21(6-8-22)29(36)34-15-13-33(2)14-16-34/h3-12,17-18,32H,13-16,19H2,1-2H3. The van der Waals surface area contributed by atoms with Gasteiger partial charge in [0.1, 0.15) is 5.75 Å². The molecule has 3 aromatic carbocycles. The average molecular weight is 540 g/mol. The second-order valence-corrected chi connectivity index (χ2v) is 9.85. The molecule has 0 bridgehead atoms. The zero-order valence-electron chi connectivity index (χ0n) is 22.3. The second kappa shape index (κ2) is 10.7. The molecule has 0 atom stereocenters. The maximum absolute atomic E-state index is 13.7. The summed E-state index contributed by atoms with van der Waals surface area (Å²) in [6.45, 7) is 5.23. The Hall–Kier alpha value is -4.83. The van der Waals surface area contributed by atoms with Crippen LogP contribution in [0.2, 0.25) is 0 Å². The van der Waals surface area contributed by atoms with Crippen LogP contribution in [0.1, 0.15) is 15.9 Å². The molecule has 0 saturated carbocycles. The summed E-state index contributed by atoms with van der Waals surface area (Å²) < 4.78 is 18.3. The molecule has 40 heavy (non-hydrogen) atoms. The van der Waals surface area contributed by atoms with Gasteiger partial charge in [-0.05, 0) is 62.5 Å². The van der Waals surface area contributed by atoms with Crippen LogP contribution in [0.5, 0.6) is 23.0 Å². The molecule has 1 N–H and O–H groups in total. The van der Waals surface area contributed by atoms with Crippen molar-refractivity contribution in [2.24, 2.45) is 0 Å². The molecule has 3 heterocycles. The molecule has 204 valence electrons. The van der Waals surface area contributed by atoms with Crippen molar-refractivity contribution in [2.75, 3.05) is 45.3 Å². The SMILES string of the molecule is Cc1ccc(-n2ncc(Oc3ccc4c(c3)OCO4)c(Nc3ccc(C(=O)N4CCN(C)CC4)cc3)c2=O)cc1. The number of hydrogen-bond donors (Lipinski definition) is 1. The first-order valence-electron chi connectivity index (χ1n) is 13.1. The predicted octanol–water partition coefficient (Wildman–Crippen LogP) is 4.19. The van der Waals surface area contributed by atoms with Crippen LogP contribution in [0.3, 0.4) is 0 Å². The molecule has 0 aliphatic carbocycles. The maximum atomic E-state index is 13.7. The van der Waals surface area contributed by atoms with Crippen molar-refractivity contribution in [1.82, 2.24) is 19.6 Å². The molecule has 1 saturated heterocycles. The number of anilines is 2. The fourth-order valence-electron chi connectivity index (χ4n) is 4.60. The number of benzene rings is 3. The van der Waals surface area contributed by atoms with Gasteiger partial charge in [-0.15, -0.1) is 0 Å². The minimum atomic E-state index is -0.389. The van der Waals surface area contributed by atoms with E-state index in [4.69, 9.17) is 14.2 Å². The zero-order valence-corrected chi connectivity index (χ0v) is 22.3. The summed E-state index contributed by atoms with van der Waals surface area (Å²) >= 11 is 0. The lowest BCUT2D eigenvalue weighted by atomic mass is 10.1. The summed E-state index contributed by atoms with van der Waals surface area (Å²) in [6.07, 6.45) is 1.50. The molecule has 0 unspecified atom stereocenters. The summed E-state index contributed by atoms with van der Waals surface area (Å²) in [6, 6.07) is 19.8. The first-order chi connectivity index (χ1) is 19.4. The maximum Gasteiger partial charge on any atom is 0.299 e. The van der Waals surface area contributed by atoms with Gasteiger partial charge >= 0.3 is 0 Å². The van der Waals surface area contributed by atoms with Crippen molar-refractivity contribution in [1.29, 1.82) is 0 Å². The van der Waals surface area contributed by atoms with Crippen LogP contribution < -0.4 is 25.1 Å². The van der Waals surface area contributed by atoms with Crippen LogP contribution in [0.15, 0.2) is 77.7 Å². The number of piperazine rings is 1. The molecule has 6 rings (SSSR count). The van der Waals surface area contributed by atoms with Crippen molar-refractivity contribution in [2.45, 2.75) is 6.92 Å². The number of aryl methyl sites for hydroxylation is 1. The Kier molecular flexibility index (Phi) is 6.83. The van der Waals surface area contributed by atoms with Crippen LogP contribution in [-0.4, -0.2) is 65.5 Å². The number of carbonyl (C=O) groups excluding carboxylic acids is 1. The van der Waals surface area contributed by atoms with Crippen LogP contribution in [0.25, 0.3) is 5.69 Å². The highest BCUT2D eigenvalue weighted by atomic mass is 16.7. The Balaban J connectivity index is 1.30. The van der Waals surface area contributed by atoms with E-state index in [1.807, 2.05) is 36.1 Å². The quantitative estimate of drug-likeness (QED) is 0.390. The number of amides is 1. The average Bonchev–Trinajstić information content (AvgIpc) is 3.44. The van der Waals surface area contributed by atoms with Gasteiger partial charge in [-0.1, -0.05) is 17.7 Å². The smallest absolute Gasteiger partial charge is 0.299 e. The molecular formula is C30H29N5O5. The molecule has 10 nitrogen and oxygen atoms in total. The second-order valence-electron chi connectivity index (χ2n) is 9.85. The minimum absolute atomic E-state index is 0.00267. The van der Waals surface area contributed by atoms with E-state index >= 15 is 0 Å². The third-order valence-electron chi connectivity index (χ3n) is 6.99. The summed E-state index contributed by atoms with van der Waals surface area (Å²) in [4.78, 5) is 30.8. The Morgan fingerprint density at radius 1 is 0.925 bits per heavy atom. The van der Waals surface area contributed by atoms with Gasteiger partial charge in [0.05, 0.1) is 11.9 Å². The molecule has 2 aliphatic heterocycles. The number of nitrogens with zero attached hydrogens (tertiary/aromatic N) is 4. The van der Waals surface area contributed by atoms with Crippen LogP contribution >= 0.6 is 0 Å². The van der Waals surface area contributed by atoms with E-state index in [9.17, 15) is 9.59 Å². The molecule has 10 heteroatoms. The lowest BCUT2D eigenvalue weighted by molar-refractivity contribution is 0.0664. The van der Waals surface area contributed by atoms with Gasteiger partial charge in [0, 0.05) is 43.5 Å². The first kappa shape index (κ1) is 25.4. The van der Waals surface area contributed by atoms with E-state index in [1.54, 1.807) is 42.5 Å². The Morgan fingerprint density at radius 3 is 2.40 bits per heavy atom. The molecule has 1 aromatic heterocycles. The van der Waals surface area contributed by atoms with Crippen LogP contribution in [0.4, 0.5) is 11.4 Å². The van der Waals surface area contributed by atoms with Gasteiger partial charge in [0.2, 0.25) is 6.79 Å². The number of nitrogens with one attached hydrogen (secondary N) is 1. The van der Waals surface area contributed by atoms with Crippen molar-refractivity contribution >= 4 is 17.3 Å². The third-order valence-corrected chi connectivity index (χ3v) is 6.99.